The molecule has 0 atom stereocenters. The van der Waals surface area contributed by atoms with Crippen molar-refractivity contribution in [3.8, 4) is 17.3 Å². The molecule has 2 N–H and O–H groups in total. The molecule has 2 aliphatic rings. The maximum absolute atomic E-state index is 13.0. The number of nitrogen functional groups attached to an aromatic ring is 1. The van der Waals surface area contributed by atoms with Gasteiger partial charge in [0.15, 0.2) is 0 Å². The van der Waals surface area contributed by atoms with Crippen LogP contribution in [0.5, 0.6) is 0 Å². The Morgan fingerprint density at radius 2 is 2.03 bits per heavy atom. The van der Waals surface area contributed by atoms with Crippen LogP contribution in [-0.4, -0.2) is 54.2 Å². The van der Waals surface area contributed by atoms with Gasteiger partial charge in [0.1, 0.15) is 34.4 Å². The average molecular weight is 543 g/mol. The van der Waals surface area contributed by atoms with Crippen LogP contribution in [0.1, 0.15) is 63.0 Å². The summed E-state index contributed by atoms with van der Waals surface area (Å²) in [5.74, 6) is 0.252. The Kier molecular flexibility index (Phi) is 6.32. The van der Waals surface area contributed by atoms with Gasteiger partial charge in [-0.3, -0.25) is 4.68 Å². The van der Waals surface area contributed by atoms with Crippen molar-refractivity contribution >= 4 is 11.9 Å². The Morgan fingerprint density at radius 1 is 1.28 bits per heavy atom. The number of carbonyl (C=O) groups excluding carboxylic acids is 1. The van der Waals surface area contributed by atoms with Gasteiger partial charge in [-0.25, -0.2) is 14.5 Å². The Labute approximate surface area is 223 Å². The van der Waals surface area contributed by atoms with Gasteiger partial charge < -0.3 is 15.4 Å². The molecular formula is C26H29F3N8O2. The molecule has 4 heterocycles. The average Bonchev–Trinajstić information content (AvgIpc) is 3.54. The van der Waals surface area contributed by atoms with Crippen LogP contribution >= 0.6 is 0 Å². The third kappa shape index (κ3) is 5.28. The van der Waals surface area contributed by atoms with Crippen LogP contribution in [0.15, 0.2) is 30.6 Å². The van der Waals surface area contributed by atoms with E-state index in [1.54, 1.807) is 15.8 Å². The molecule has 2 fully saturated rings. The van der Waals surface area contributed by atoms with E-state index in [4.69, 9.17) is 10.5 Å². The molecule has 1 saturated carbocycles. The van der Waals surface area contributed by atoms with E-state index in [1.807, 2.05) is 20.8 Å². The summed E-state index contributed by atoms with van der Waals surface area (Å²) in [6.45, 7) is 6.77. The second-order valence-electron chi connectivity index (χ2n) is 11.3. The first-order valence-electron chi connectivity index (χ1n) is 12.6. The van der Waals surface area contributed by atoms with Crippen LogP contribution in [0.3, 0.4) is 0 Å². The molecule has 1 spiro atoms. The predicted molar refractivity (Wildman–Crippen MR) is 134 cm³/mol. The third-order valence-electron chi connectivity index (χ3n) is 7.16. The summed E-state index contributed by atoms with van der Waals surface area (Å²) in [5, 5.41) is 18.7. The fourth-order valence-corrected chi connectivity index (χ4v) is 5.37. The largest absolute Gasteiger partial charge is 0.444 e. The summed E-state index contributed by atoms with van der Waals surface area (Å²) in [4.78, 5) is 17.9. The lowest BCUT2D eigenvalue weighted by Crippen LogP contribution is -2.43. The van der Waals surface area contributed by atoms with Gasteiger partial charge in [-0.15, -0.1) is 0 Å². The van der Waals surface area contributed by atoms with E-state index in [0.29, 0.717) is 24.3 Å². The topological polar surface area (TPSA) is 128 Å². The number of anilines is 1. The highest BCUT2D eigenvalue weighted by molar-refractivity contribution is 5.72. The molecule has 3 aromatic rings. The summed E-state index contributed by atoms with van der Waals surface area (Å²) in [6, 6.07) is 5.81. The zero-order valence-corrected chi connectivity index (χ0v) is 21.9. The Hall–Kier alpha value is -4.08. The highest BCUT2D eigenvalue weighted by Crippen LogP contribution is 2.55. The highest BCUT2D eigenvalue weighted by Gasteiger charge is 2.51. The lowest BCUT2D eigenvalue weighted by atomic mass is 9.65. The number of rotatable bonds is 4. The number of alkyl halides is 3. The van der Waals surface area contributed by atoms with Crippen molar-refractivity contribution in [3.05, 3.63) is 47.5 Å². The minimum Gasteiger partial charge on any atom is -0.444 e. The number of nitrogens with two attached hydrogens (primary N) is 1. The highest BCUT2D eigenvalue weighted by atomic mass is 19.4. The smallest absolute Gasteiger partial charge is 0.433 e. The molecule has 0 unspecified atom stereocenters. The van der Waals surface area contributed by atoms with E-state index in [9.17, 15) is 23.2 Å². The van der Waals surface area contributed by atoms with E-state index >= 15 is 0 Å². The van der Waals surface area contributed by atoms with E-state index in [-0.39, 0.29) is 41.2 Å². The van der Waals surface area contributed by atoms with Crippen molar-refractivity contribution in [1.29, 1.82) is 5.26 Å². The first-order valence-corrected chi connectivity index (χ1v) is 12.6. The zero-order chi connectivity index (χ0) is 28.2. The van der Waals surface area contributed by atoms with Crippen LogP contribution in [0.2, 0.25) is 0 Å². The van der Waals surface area contributed by atoms with Crippen molar-refractivity contribution in [1.82, 2.24) is 29.4 Å². The van der Waals surface area contributed by atoms with Gasteiger partial charge in [0.2, 0.25) is 0 Å². The van der Waals surface area contributed by atoms with Gasteiger partial charge in [-0.05, 0) is 57.6 Å². The first kappa shape index (κ1) is 26.5. The van der Waals surface area contributed by atoms with E-state index in [0.717, 1.165) is 25.3 Å². The second-order valence-corrected chi connectivity index (χ2v) is 11.3. The van der Waals surface area contributed by atoms with Crippen LogP contribution in [0.25, 0.3) is 11.3 Å². The number of nitriles is 1. The molecule has 1 saturated heterocycles. The number of carbonyl (C=O) groups is 1. The molecular weight excluding hydrogens is 513 g/mol. The SMILES string of the molecule is CC(C)(C)OC(=O)N1CCC2(CC(n3nc(-c4cnn(Cc5cccc(C(F)(F)F)n5)c4)c(C#N)c3N)C2)C1. The number of aromatic nitrogens is 5. The number of likely N-dealkylation sites (tertiary alicyclic amines) is 1. The molecule has 206 valence electrons. The minimum absolute atomic E-state index is 0.0152. The number of ether oxygens (including phenoxy) is 1. The van der Waals surface area contributed by atoms with Gasteiger partial charge in [-0.2, -0.15) is 28.6 Å². The predicted octanol–water partition coefficient (Wildman–Crippen LogP) is 4.62. The normalized spacial score (nSPS) is 21.2. The van der Waals surface area contributed by atoms with Crippen molar-refractivity contribution < 1.29 is 22.7 Å². The lowest BCUT2D eigenvalue weighted by molar-refractivity contribution is -0.141. The first-order chi connectivity index (χ1) is 18.3. The van der Waals surface area contributed by atoms with E-state index in [1.165, 1.54) is 23.0 Å². The molecule has 1 aliphatic carbocycles. The van der Waals surface area contributed by atoms with Crippen molar-refractivity contribution in [3.63, 3.8) is 0 Å². The summed E-state index contributed by atoms with van der Waals surface area (Å²) >= 11 is 0. The fraction of sp³-hybridized carbons (Fsp3) is 0.500. The van der Waals surface area contributed by atoms with Crippen molar-refractivity contribution in [2.24, 2.45) is 5.41 Å². The van der Waals surface area contributed by atoms with Gasteiger partial charge in [0.05, 0.1) is 24.5 Å². The maximum atomic E-state index is 13.0. The summed E-state index contributed by atoms with van der Waals surface area (Å²) in [5.41, 5.74) is 6.07. The molecule has 1 amide bonds. The Balaban J connectivity index is 1.29. The number of hydrogen-bond acceptors (Lipinski definition) is 7. The van der Waals surface area contributed by atoms with Gasteiger partial charge in [0.25, 0.3) is 0 Å². The van der Waals surface area contributed by atoms with Crippen LogP contribution in [0.4, 0.5) is 23.8 Å². The third-order valence-corrected chi connectivity index (χ3v) is 7.16. The van der Waals surface area contributed by atoms with E-state index < -0.39 is 17.5 Å². The minimum atomic E-state index is -4.54. The molecule has 0 bridgehead atoms. The molecule has 3 aromatic heterocycles. The number of halogens is 3. The zero-order valence-electron chi connectivity index (χ0n) is 21.9. The number of pyridine rings is 1. The molecule has 13 heteroatoms. The number of nitrogens with zero attached hydrogens (tertiary/aromatic N) is 7. The standard InChI is InChI=1S/C26H29F3N8O2/c1-24(2,3)39-23(38)35-8-7-25(15-35)9-18(10-25)37-22(31)19(11-30)21(34-37)16-12-32-36(13-16)14-17-5-4-6-20(33-17)26(27,28)29/h4-6,12-13,18H,7-10,14-15,31H2,1-3H3. The van der Waals surface area contributed by atoms with Crippen molar-refractivity contribution in [2.75, 3.05) is 18.8 Å². The van der Waals surface area contributed by atoms with Gasteiger partial charge in [0, 0.05) is 24.8 Å². The van der Waals surface area contributed by atoms with Gasteiger partial charge >= 0.3 is 12.3 Å². The molecule has 10 nitrogen and oxygen atoms in total. The number of amides is 1. The maximum Gasteiger partial charge on any atom is 0.433 e. The molecule has 39 heavy (non-hydrogen) atoms. The lowest BCUT2D eigenvalue weighted by Gasteiger charge is -2.45. The molecule has 1 aliphatic heterocycles. The molecule has 5 rings (SSSR count). The van der Waals surface area contributed by atoms with Crippen LogP contribution < -0.4 is 5.73 Å². The van der Waals surface area contributed by atoms with Crippen LogP contribution in [-0.2, 0) is 17.5 Å². The summed E-state index contributed by atoms with van der Waals surface area (Å²) in [6.07, 6.45) is 0.646. The summed E-state index contributed by atoms with van der Waals surface area (Å²) in [7, 11) is 0. The van der Waals surface area contributed by atoms with Gasteiger partial charge in [-0.1, -0.05) is 6.07 Å². The summed E-state index contributed by atoms with van der Waals surface area (Å²) < 4.78 is 47.6. The monoisotopic (exact) mass is 542 g/mol. The number of hydrogen-bond donors (Lipinski definition) is 1. The molecule has 0 aromatic carbocycles. The Bertz CT molecular complexity index is 1440. The second kappa shape index (κ2) is 9.29. The van der Waals surface area contributed by atoms with E-state index in [2.05, 4.69) is 21.3 Å². The van der Waals surface area contributed by atoms with Crippen molar-refractivity contribution in [2.45, 2.75) is 64.4 Å². The Morgan fingerprint density at radius 3 is 2.69 bits per heavy atom. The fourth-order valence-electron chi connectivity index (χ4n) is 5.37. The molecule has 0 radical (unpaired) electrons. The quantitative estimate of drug-likeness (QED) is 0.509. The van der Waals surface area contributed by atoms with Crippen LogP contribution in [0, 0.1) is 16.7 Å².